The minimum atomic E-state index is -0.576. The Morgan fingerprint density at radius 3 is 2.77 bits per heavy atom. The lowest BCUT2D eigenvalue weighted by Gasteiger charge is -2.24. The van der Waals surface area contributed by atoms with E-state index in [0.717, 1.165) is 6.42 Å². The number of carbonyl (C=O) groups is 2. The normalized spacial score (nSPS) is 18.0. The molecule has 0 saturated carbocycles. The number of rotatable bonds is 3. The van der Waals surface area contributed by atoms with Crippen LogP contribution in [0.4, 0.5) is 5.69 Å². The Morgan fingerprint density at radius 1 is 1.12 bits per heavy atom. The standard InChI is InChI=1S/C19H18N2O5/c22-15-6-2-1-4-13(15)20-18(23)14-5-3-9-21(14)19(24)12-7-8-16-17(10-12)26-11-25-16/h1-2,4,6-8,10,14,22H,3,5,9,11H2,(H,20,23)/t14-/m0/s1. The molecule has 0 bridgehead atoms. The van der Waals surface area contributed by atoms with Crippen LogP contribution in [0.2, 0.25) is 0 Å². The van der Waals surface area contributed by atoms with Gasteiger partial charge in [0, 0.05) is 12.1 Å². The predicted molar refractivity (Wildman–Crippen MR) is 93.4 cm³/mol. The average Bonchev–Trinajstić information content (AvgIpc) is 3.31. The number of amides is 2. The third-order valence-electron chi connectivity index (χ3n) is 4.60. The highest BCUT2D eigenvalue weighted by molar-refractivity contribution is 6.02. The quantitative estimate of drug-likeness (QED) is 0.826. The van der Waals surface area contributed by atoms with Gasteiger partial charge >= 0.3 is 0 Å². The van der Waals surface area contributed by atoms with Crippen LogP contribution in [0.25, 0.3) is 0 Å². The summed E-state index contributed by atoms with van der Waals surface area (Å²) in [5.74, 6) is 0.603. The summed E-state index contributed by atoms with van der Waals surface area (Å²) in [5, 5.41) is 12.5. The molecule has 26 heavy (non-hydrogen) atoms. The van der Waals surface area contributed by atoms with Gasteiger partial charge in [0.25, 0.3) is 5.91 Å². The van der Waals surface area contributed by atoms with Crippen molar-refractivity contribution in [1.29, 1.82) is 0 Å². The SMILES string of the molecule is O=C(Nc1ccccc1O)[C@@H]1CCCN1C(=O)c1ccc2c(c1)OCO2. The maximum absolute atomic E-state index is 12.9. The molecule has 7 nitrogen and oxygen atoms in total. The molecule has 134 valence electrons. The Bertz CT molecular complexity index is 867. The zero-order chi connectivity index (χ0) is 18.1. The Balaban J connectivity index is 1.51. The first-order valence-electron chi connectivity index (χ1n) is 8.43. The Hall–Kier alpha value is -3.22. The number of likely N-dealkylation sites (tertiary alicyclic amines) is 1. The fourth-order valence-corrected chi connectivity index (χ4v) is 3.27. The highest BCUT2D eigenvalue weighted by Gasteiger charge is 2.35. The first-order chi connectivity index (χ1) is 12.6. The summed E-state index contributed by atoms with van der Waals surface area (Å²) in [6, 6.07) is 10.9. The van der Waals surface area contributed by atoms with E-state index < -0.39 is 6.04 Å². The van der Waals surface area contributed by atoms with Crippen LogP contribution in [0.15, 0.2) is 42.5 Å². The van der Waals surface area contributed by atoms with Crippen LogP contribution in [-0.4, -0.2) is 41.2 Å². The fraction of sp³-hybridized carbons (Fsp3) is 0.263. The summed E-state index contributed by atoms with van der Waals surface area (Å²) in [4.78, 5) is 27.1. The van der Waals surface area contributed by atoms with E-state index in [-0.39, 0.29) is 24.4 Å². The lowest BCUT2D eigenvalue weighted by atomic mass is 10.1. The smallest absolute Gasteiger partial charge is 0.254 e. The summed E-state index contributed by atoms with van der Waals surface area (Å²) < 4.78 is 10.6. The maximum Gasteiger partial charge on any atom is 0.254 e. The number of fused-ring (bicyclic) bond motifs is 1. The minimum Gasteiger partial charge on any atom is -0.506 e. The number of nitrogens with zero attached hydrogens (tertiary/aromatic N) is 1. The van der Waals surface area contributed by atoms with E-state index in [9.17, 15) is 14.7 Å². The third kappa shape index (κ3) is 2.92. The number of benzene rings is 2. The van der Waals surface area contributed by atoms with Crippen LogP contribution in [0, 0.1) is 0 Å². The molecule has 0 unspecified atom stereocenters. The van der Waals surface area contributed by atoms with E-state index in [1.54, 1.807) is 41.3 Å². The number of anilines is 1. The van der Waals surface area contributed by atoms with Gasteiger partial charge in [-0.1, -0.05) is 12.1 Å². The molecule has 1 saturated heterocycles. The van der Waals surface area contributed by atoms with E-state index >= 15 is 0 Å². The second kappa shape index (κ2) is 6.59. The van der Waals surface area contributed by atoms with Gasteiger partial charge in [-0.05, 0) is 43.2 Å². The molecule has 2 N–H and O–H groups in total. The summed E-state index contributed by atoms with van der Waals surface area (Å²) in [5.41, 5.74) is 0.788. The van der Waals surface area contributed by atoms with Crippen LogP contribution in [0.3, 0.4) is 0 Å². The lowest BCUT2D eigenvalue weighted by Crippen LogP contribution is -2.43. The van der Waals surface area contributed by atoms with Gasteiger partial charge in [-0.25, -0.2) is 0 Å². The number of nitrogens with one attached hydrogen (secondary N) is 1. The molecule has 7 heteroatoms. The molecular weight excluding hydrogens is 336 g/mol. The van der Waals surface area contributed by atoms with Gasteiger partial charge in [0.1, 0.15) is 11.8 Å². The lowest BCUT2D eigenvalue weighted by molar-refractivity contribution is -0.119. The molecule has 2 aromatic rings. The van der Waals surface area contributed by atoms with E-state index in [2.05, 4.69) is 5.32 Å². The summed E-state index contributed by atoms with van der Waals surface area (Å²) in [6.45, 7) is 0.647. The van der Waals surface area contributed by atoms with E-state index in [1.165, 1.54) is 6.07 Å². The van der Waals surface area contributed by atoms with Crippen LogP contribution < -0.4 is 14.8 Å². The zero-order valence-corrected chi connectivity index (χ0v) is 14.0. The van der Waals surface area contributed by atoms with Crippen molar-refractivity contribution in [3.8, 4) is 17.2 Å². The van der Waals surface area contributed by atoms with Crippen LogP contribution >= 0.6 is 0 Å². The van der Waals surface area contributed by atoms with E-state index in [0.29, 0.717) is 35.7 Å². The van der Waals surface area contributed by atoms with E-state index in [1.807, 2.05) is 0 Å². The molecule has 2 heterocycles. The molecule has 2 aliphatic rings. The minimum absolute atomic E-state index is 0.00695. The average molecular weight is 354 g/mol. The first-order valence-corrected chi connectivity index (χ1v) is 8.43. The molecule has 0 aliphatic carbocycles. The predicted octanol–water partition coefficient (Wildman–Crippen LogP) is 2.36. The molecule has 2 aliphatic heterocycles. The van der Waals surface area contributed by atoms with Crippen molar-refractivity contribution < 1.29 is 24.2 Å². The molecule has 1 atom stereocenters. The molecule has 0 aromatic heterocycles. The van der Waals surface area contributed by atoms with Crippen LogP contribution in [-0.2, 0) is 4.79 Å². The van der Waals surface area contributed by atoms with Gasteiger partial charge < -0.3 is 24.8 Å². The summed E-state index contributed by atoms with van der Waals surface area (Å²) >= 11 is 0. The summed E-state index contributed by atoms with van der Waals surface area (Å²) in [6.07, 6.45) is 1.32. The van der Waals surface area contributed by atoms with Crippen molar-refractivity contribution >= 4 is 17.5 Å². The number of hydrogen-bond donors (Lipinski definition) is 2. The van der Waals surface area contributed by atoms with Crippen molar-refractivity contribution in [2.75, 3.05) is 18.7 Å². The van der Waals surface area contributed by atoms with E-state index in [4.69, 9.17) is 9.47 Å². The number of hydrogen-bond acceptors (Lipinski definition) is 5. The monoisotopic (exact) mass is 354 g/mol. The van der Waals surface area contributed by atoms with Gasteiger partial charge in [0.2, 0.25) is 12.7 Å². The molecule has 2 amide bonds. The van der Waals surface area contributed by atoms with Crippen molar-refractivity contribution in [1.82, 2.24) is 4.90 Å². The number of aromatic hydroxyl groups is 1. The van der Waals surface area contributed by atoms with Gasteiger partial charge in [0.05, 0.1) is 5.69 Å². The van der Waals surface area contributed by atoms with Crippen molar-refractivity contribution in [2.24, 2.45) is 0 Å². The maximum atomic E-state index is 12.9. The van der Waals surface area contributed by atoms with Gasteiger partial charge in [-0.2, -0.15) is 0 Å². The first kappa shape index (κ1) is 16.3. The van der Waals surface area contributed by atoms with Crippen molar-refractivity contribution in [3.05, 3.63) is 48.0 Å². The highest BCUT2D eigenvalue weighted by atomic mass is 16.7. The van der Waals surface area contributed by atoms with Crippen molar-refractivity contribution in [3.63, 3.8) is 0 Å². The highest BCUT2D eigenvalue weighted by Crippen LogP contribution is 2.33. The molecule has 4 rings (SSSR count). The van der Waals surface area contributed by atoms with Gasteiger partial charge in [0.15, 0.2) is 11.5 Å². The molecule has 0 radical (unpaired) electrons. The number of para-hydroxylation sites is 2. The third-order valence-corrected chi connectivity index (χ3v) is 4.60. The number of phenolic OH excluding ortho intramolecular Hbond substituents is 1. The number of carbonyl (C=O) groups excluding carboxylic acids is 2. The van der Waals surface area contributed by atoms with Crippen molar-refractivity contribution in [2.45, 2.75) is 18.9 Å². The van der Waals surface area contributed by atoms with Crippen LogP contribution in [0.1, 0.15) is 23.2 Å². The Labute approximate surface area is 150 Å². The number of phenols is 1. The summed E-state index contributed by atoms with van der Waals surface area (Å²) in [7, 11) is 0. The zero-order valence-electron chi connectivity index (χ0n) is 14.0. The topological polar surface area (TPSA) is 88.1 Å². The Morgan fingerprint density at radius 2 is 1.92 bits per heavy atom. The second-order valence-electron chi connectivity index (χ2n) is 6.23. The van der Waals surface area contributed by atoms with Gasteiger partial charge in [-0.15, -0.1) is 0 Å². The second-order valence-corrected chi connectivity index (χ2v) is 6.23. The molecule has 2 aromatic carbocycles. The number of ether oxygens (including phenoxy) is 2. The largest absolute Gasteiger partial charge is 0.506 e. The fourth-order valence-electron chi connectivity index (χ4n) is 3.27. The molecule has 1 fully saturated rings. The van der Waals surface area contributed by atoms with Crippen LogP contribution in [0.5, 0.6) is 17.2 Å². The van der Waals surface area contributed by atoms with Gasteiger partial charge in [-0.3, -0.25) is 9.59 Å². The molecular formula is C19H18N2O5. The molecule has 0 spiro atoms. The Kier molecular flexibility index (Phi) is 4.12.